The van der Waals surface area contributed by atoms with Crippen LogP contribution >= 0.6 is 0 Å². The van der Waals surface area contributed by atoms with E-state index in [1.54, 1.807) is 0 Å². The van der Waals surface area contributed by atoms with Gasteiger partial charge in [-0.3, -0.25) is 9.97 Å². The van der Waals surface area contributed by atoms with Crippen LogP contribution in [0.1, 0.15) is 43.1 Å². The highest BCUT2D eigenvalue weighted by Crippen LogP contribution is 2.50. The first-order valence-electron chi connectivity index (χ1n) is 11.0. The van der Waals surface area contributed by atoms with Crippen molar-refractivity contribution in [2.24, 2.45) is 5.92 Å². The average Bonchev–Trinajstić information content (AvgIpc) is 3.46. The van der Waals surface area contributed by atoms with Crippen molar-refractivity contribution >= 4 is 22.3 Å². The van der Waals surface area contributed by atoms with Gasteiger partial charge in [0.15, 0.2) is 0 Å². The van der Waals surface area contributed by atoms with Gasteiger partial charge in [0.25, 0.3) is 0 Å². The molecule has 5 nitrogen and oxygen atoms in total. The van der Waals surface area contributed by atoms with Crippen molar-refractivity contribution in [3.63, 3.8) is 0 Å². The number of benzene rings is 1. The second-order valence-corrected chi connectivity index (χ2v) is 8.59. The van der Waals surface area contributed by atoms with Gasteiger partial charge in [0.05, 0.1) is 29.2 Å². The summed E-state index contributed by atoms with van der Waals surface area (Å²) in [6.45, 7) is 4.72. The predicted molar refractivity (Wildman–Crippen MR) is 119 cm³/mol. The van der Waals surface area contributed by atoms with E-state index >= 15 is 0 Å². The standard InChI is InChI=1S/C25H26N4O/c1-3-30-22-11-12-26-20-10-8-16(14-19(20)22)24-23(21-6-4-5-15(2)27-21)28-25-17-7-9-18(13-17)29(24)25/h4-6,8,10-12,14,17-18,25,28H,3,7,9,13H2,1-2H3. The van der Waals surface area contributed by atoms with E-state index in [4.69, 9.17) is 9.72 Å². The third kappa shape index (κ3) is 2.61. The molecular formula is C25H26N4O. The lowest BCUT2D eigenvalue weighted by Gasteiger charge is -2.33. The largest absolute Gasteiger partial charge is 0.493 e. The van der Waals surface area contributed by atoms with Crippen LogP contribution in [0.15, 0.2) is 48.7 Å². The Hall–Kier alpha value is -3.08. The fourth-order valence-corrected chi connectivity index (χ4v) is 5.56. The highest BCUT2D eigenvalue weighted by atomic mass is 16.5. The van der Waals surface area contributed by atoms with E-state index in [-0.39, 0.29) is 0 Å². The zero-order chi connectivity index (χ0) is 20.2. The van der Waals surface area contributed by atoms with E-state index in [1.807, 2.05) is 19.2 Å². The summed E-state index contributed by atoms with van der Waals surface area (Å²) in [6, 6.07) is 15.4. The van der Waals surface area contributed by atoms with Crippen LogP contribution in [-0.2, 0) is 0 Å². The Morgan fingerprint density at radius 2 is 2.10 bits per heavy atom. The van der Waals surface area contributed by atoms with Gasteiger partial charge in [0, 0.05) is 28.9 Å². The molecule has 1 aromatic carbocycles. The van der Waals surface area contributed by atoms with Crippen LogP contribution in [0.2, 0.25) is 0 Å². The molecule has 152 valence electrons. The molecule has 3 aromatic rings. The molecule has 1 aliphatic carbocycles. The zero-order valence-electron chi connectivity index (χ0n) is 17.4. The third-order valence-corrected chi connectivity index (χ3v) is 6.79. The number of ether oxygens (including phenoxy) is 1. The van der Waals surface area contributed by atoms with Gasteiger partial charge in [-0.05, 0) is 69.4 Å². The highest BCUT2D eigenvalue weighted by Gasteiger charge is 2.51. The van der Waals surface area contributed by atoms with Crippen molar-refractivity contribution in [1.29, 1.82) is 0 Å². The minimum Gasteiger partial charge on any atom is -0.493 e. The molecule has 5 heteroatoms. The molecule has 0 radical (unpaired) electrons. The van der Waals surface area contributed by atoms with Crippen LogP contribution in [0.25, 0.3) is 22.3 Å². The predicted octanol–water partition coefficient (Wildman–Crippen LogP) is 4.58. The van der Waals surface area contributed by atoms with Gasteiger partial charge in [0.2, 0.25) is 0 Å². The van der Waals surface area contributed by atoms with Crippen molar-refractivity contribution in [2.75, 3.05) is 6.61 Å². The Morgan fingerprint density at radius 3 is 2.97 bits per heavy atom. The minimum atomic E-state index is 0.381. The average molecular weight is 399 g/mol. The Bertz CT molecular complexity index is 1170. The fourth-order valence-electron chi connectivity index (χ4n) is 5.56. The maximum atomic E-state index is 5.90. The molecule has 30 heavy (non-hydrogen) atoms. The molecule has 2 bridgehead atoms. The fraction of sp³-hybridized carbons (Fsp3) is 0.360. The number of nitrogens with one attached hydrogen (secondary N) is 1. The van der Waals surface area contributed by atoms with Crippen LogP contribution in [0.5, 0.6) is 5.75 Å². The third-order valence-electron chi connectivity index (χ3n) is 6.79. The number of rotatable bonds is 4. The number of pyridine rings is 2. The summed E-state index contributed by atoms with van der Waals surface area (Å²) in [6.07, 6.45) is 6.08. The van der Waals surface area contributed by atoms with E-state index in [0.29, 0.717) is 24.7 Å². The second kappa shape index (κ2) is 6.73. The van der Waals surface area contributed by atoms with Gasteiger partial charge in [-0.25, -0.2) is 0 Å². The smallest absolute Gasteiger partial charge is 0.130 e. The number of hydrogen-bond acceptors (Lipinski definition) is 5. The number of hydrogen-bond donors (Lipinski definition) is 1. The van der Waals surface area contributed by atoms with Crippen LogP contribution in [0.4, 0.5) is 0 Å². The normalized spacial score (nSPS) is 24.5. The number of fused-ring (bicyclic) bond motifs is 6. The Balaban J connectivity index is 1.55. The van der Waals surface area contributed by atoms with E-state index < -0.39 is 0 Å². The maximum Gasteiger partial charge on any atom is 0.130 e. The molecule has 3 unspecified atom stereocenters. The summed E-state index contributed by atoms with van der Waals surface area (Å²) in [5.41, 5.74) is 6.66. The summed E-state index contributed by atoms with van der Waals surface area (Å²) >= 11 is 0. The van der Waals surface area contributed by atoms with Gasteiger partial charge in [-0.2, -0.15) is 0 Å². The van der Waals surface area contributed by atoms with Crippen molar-refractivity contribution in [2.45, 2.75) is 45.3 Å². The minimum absolute atomic E-state index is 0.381. The molecule has 1 N–H and O–H groups in total. The number of aromatic nitrogens is 2. The number of nitrogens with zero attached hydrogens (tertiary/aromatic N) is 3. The van der Waals surface area contributed by atoms with Gasteiger partial charge < -0.3 is 15.0 Å². The van der Waals surface area contributed by atoms with Gasteiger partial charge >= 0.3 is 0 Å². The number of piperidine rings is 1. The molecule has 2 fully saturated rings. The first-order valence-corrected chi connectivity index (χ1v) is 11.0. The first kappa shape index (κ1) is 17.8. The molecule has 1 saturated heterocycles. The number of aryl methyl sites for hydroxylation is 1. The van der Waals surface area contributed by atoms with Crippen molar-refractivity contribution in [1.82, 2.24) is 20.2 Å². The Kier molecular flexibility index (Phi) is 3.98. The molecule has 2 aliphatic heterocycles. The Morgan fingerprint density at radius 1 is 1.17 bits per heavy atom. The molecule has 1 saturated carbocycles. The Labute approximate surface area is 176 Å². The topological polar surface area (TPSA) is 50.3 Å². The second-order valence-electron chi connectivity index (χ2n) is 8.59. The summed E-state index contributed by atoms with van der Waals surface area (Å²) < 4.78 is 5.90. The molecule has 3 atom stereocenters. The van der Waals surface area contributed by atoms with Gasteiger partial charge in [-0.15, -0.1) is 0 Å². The molecule has 0 amide bonds. The van der Waals surface area contributed by atoms with Gasteiger partial charge in [-0.1, -0.05) is 12.1 Å². The first-order chi connectivity index (χ1) is 14.7. The van der Waals surface area contributed by atoms with E-state index in [9.17, 15) is 0 Å². The molecule has 3 aliphatic rings. The molecule has 2 aromatic heterocycles. The quantitative estimate of drug-likeness (QED) is 0.697. The molecule has 0 spiro atoms. The lowest BCUT2D eigenvalue weighted by molar-refractivity contribution is 0.218. The SMILES string of the molecule is CCOc1ccnc2ccc(C3=C(c4cccc(C)n4)NC4C5CCC(C5)N34)cc12. The van der Waals surface area contributed by atoms with Crippen molar-refractivity contribution in [3.8, 4) is 5.75 Å². The van der Waals surface area contributed by atoms with Crippen LogP contribution in [0, 0.1) is 12.8 Å². The van der Waals surface area contributed by atoms with Crippen LogP contribution in [-0.4, -0.2) is 33.7 Å². The molecule has 6 rings (SSSR count). The lowest BCUT2D eigenvalue weighted by Crippen LogP contribution is -2.41. The molecule has 4 heterocycles. The summed E-state index contributed by atoms with van der Waals surface area (Å²) in [5.74, 6) is 1.61. The van der Waals surface area contributed by atoms with E-state index in [0.717, 1.165) is 33.7 Å². The van der Waals surface area contributed by atoms with Crippen LogP contribution < -0.4 is 10.1 Å². The highest BCUT2D eigenvalue weighted by molar-refractivity contribution is 5.95. The lowest BCUT2D eigenvalue weighted by atomic mass is 10.0. The van der Waals surface area contributed by atoms with E-state index in [1.165, 1.54) is 30.5 Å². The van der Waals surface area contributed by atoms with Gasteiger partial charge in [0.1, 0.15) is 11.9 Å². The maximum absolute atomic E-state index is 5.90. The summed E-state index contributed by atoms with van der Waals surface area (Å²) in [5, 5.41) is 4.92. The summed E-state index contributed by atoms with van der Waals surface area (Å²) in [7, 11) is 0. The van der Waals surface area contributed by atoms with Crippen molar-refractivity contribution < 1.29 is 4.74 Å². The molecular weight excluding hydrogens is 372 g/mol. The summed E-state index contributed by atoms with van der Waals surface area (Å²) in [4.78, 5) is 12.0. The monoisotopic (exact) mass is 398 g/mol. The van der Waals surface area contributed by atoms with Crippen molar-refractivity contribution in [3.05, 3.63) is 65.6 Å². The van der Waals surface area contributed by atoms with Crippen LogP contribution in [0.3, 0.4) is 0 Å². The van der Waals surface area contributed by atoms with E-state index in [2.05, 4.69) is 58.5 Å². The zero-order valence-corrected chi connectivity index (χ0v) is 17.4.